The van der Waals surface area contributed by atoms with E-state index in [0.717, 1.165) is 5.56 Å². The SMILES string of the molecule is O=C(Cc1ccccc1)Oc1ccccc1O. The molecule has 17 heavy (non-hydrogen) atoms. The lowest BCUT2D eigenvalue weighted by molar-refractivity contribution is -0.133. The maximum Gasteiger partial charge on any atom is 0.315 e. The van der Waals surface area contributed by atoms with Gasteiger partial charge in [0.2, 0.25) is 0 Å². The summed E-state index contributed by atoms with van der Waals surface area (Å²) < 4.78 is 5.06. The zero-order chi connectivity index (χ0) is 12.1. The van der Waals surface area contributed by atoms with Crippen molar-refractivity contribution >= 4 is 5.97 Å². The van der Waals surface area contributed by atoms with Crippen molar-refractivity contribution in [3.05, 3.63) is 60.2 Å². The van der Waals surface area contributed by atoms with Gasteiger partial charge >= 0.3 is 5.97 Å². The molecular weight excluding hydrogens is 216 g/mol. The number of benzene rings is 2. The van der Waals surface area contributed by atoms with Gasteiger partial charge in [-0.15, -0.1) is 0 Å². The average Bonchev–Trinajstić information content (AvgIpc) is 2.33. The first-order chi connectivity index (χ1) is 8.25. The van der Waals surface area contributed by atoms with E-state index >= 15 is 0 Å². The van der Waals surface area contributed by atoms with E-state index in [1.165, 1.54) is 6.07 Å². The molecule has 0 aliphatic carbocycles. The second-order valence-corrected chi connectivity index (χ2v) is 3.60. The van der Waals surface area contributed by atoms with Crippen LogP contribution in [0.2, 0.25) is 0 Å². The summed E-state index contributed by atoms with van der Waals surface area (Å²) >= 11 is 0. The summed E-state index contributed by atoms with van der Waals surface area (Å²) in [6.07, 6.45) is 0.190. The Hall–Kier alpha value is -2.29. The highest BCUT2D eigenvalue weighted by Gasteiger charge is 2.08. The highest BCUT2D eigenvalue weighted by molar-refractivity contribution is 5.75. The predicted octanol–water partition coefficient (Wildman–Crippen LogP) is 2.54. The number of para-hydroxylation sites is 2. The maximum atomic E-state index is 11.6. The third-order valence-corrected chi connectivity index (χ3v) is 2.28. The number of esters is 1. The van der Waals surface area contributed by atoms with Crippen LogP contribution in [-0.2, 0) is 11.2 Å². The lowest BCUT2D eigenvalue weighted by Crippen LogP contribution is -2.11. The molecule has 2 rings (SSSR count). The lowest BCUT2D eigenvalue weighted by Gasteiger charge is -2.05. The van der Waals surface area contributed by atoms with Crippen LogP contribution in [-0.4, -0.2) is 11.1 Å². The molecule has 0 atom stereocenters. The van der Waals surface area contributed by atoms with Gasteiger partial charge in [-0.25, -0.2) is 0 Å². The van der Waals surface area contributed by atoms with Gasteiger partial charge in [0.05, 0.1) is 6.42 Å². The van der Waals surface area contributed by atoms with Gasteiger partial charge in [-0.1, -0.05) is 42.5 Å². The number of phenolic OH excluding ortho intramolecular Hbond substituents is 1. The molecule has 0 saturated carbocycles. The van der Waals surface area contributed by atoms with Crippen molar-refractivity contribution in [2.24, 2.45) is 0 Å². The van der Waals surface area contributed by atoms with Crippen LogP contribution >= 0.6 is 0 Å². The van der Waals surface area contributed by atoms with Crippen molar-refractivity contribution in [2.45, 2.75) is 6.42 Å². The number of ether oxygens (including phenoxy) is 1. The summed E-state index contributed by atoms with van der Waals surface area (Å²) in [4.78, 5) is 11.6. The molecule has 1 N–H and O–H groups in total. The molecule has 0 aliphatic rings. The van der Waals surface area contributed by atoms with Crippen molar-refractivity contribution in [3.63, 3.8) is 0 Å². The van der Waals surface area contributed by atoms with Gasteiger partial charge in [0.25, 0.3) is 0 Å². The molecule has 0 bridgehead atoms. The molecule has 3 nitrogen and oxygen atoms in total. The van der Waals surface area contributed by atoms with Crippen molar-refractivity contribution in [1.82, 2.24) is 0 Å². The Bertz CT molecular complexity index is 506. The molecule has 0 radical (unpaired) electrons. The quantitative estimate of drug-likeness (QED) is 0.648. The summed E-state index contributed by atoms with van der Waals surface area (Å²) in [7, 11) is 0. The highest BCUT2D eigenvalue weighted by Crippen LogP contribution is 2.24. The van der Waals surface area contributed by atoms with E-state index in [9.17, 15) is 9.90 Å². The Kier molecular flexibility index (Phi) is 3.40. The Labute approximate surface area is 99.3 Å². The van der Waals surface area contributed by atoms with Gasteiger partial charge in [-0.2, -0.15) is 0 Å². The number of carbonyl (C=O) groups is 1. The molecule has 0 unspecified atom stereocenters. The van der Waals surface area contributed by atoms with Crippen LogP contribution in [0, 0.1) is 0 Å². The molecule has 0 aliphatic heterocycles. The van der Waals surface area contributed by atoms with Gasteiger partial charge < -0.3 is 9.84 Å². The molecule has 3 heteroatoms. The number of carbonyl (C=O) groups excluding carboxylic acids is 1. The standard InChI is InChI=1S/C14H12O3/c15-12-8-4-5-9-13(12)17-14(16)10-11-6-2-1-3-7-11/h1-9,15H,10H2. The smallest absolute Gasteiger partial charge is 0.315 e. The van der Waals surface area contributed by atoms with E-state index in [2.05, 4.69) is 0 Å². The first-order valence-electron chi connectivity index (χ1n) is 5.28. The molecule has 86 valence electrons. The molecule has 0 aromatic heterocycles. The van der Waals surface area contributed by atoms with E-state index in [0.29, 0.717) is 0 Å². The zero-order valence-electron chi connectivity index (χ0n) is 9.17. The number of rotatable bonds is 3. The zero-order valence-corrected chi connectivity index (χ0v) is 9.17. The van der Waals surface area contributed by atoms with Crippen molar-refractivity contribution < 1.29 is 14.6 Å². The van der Waals surface area contributed by atoms with E-state index in [1.807, 2.05) is 30.3 Å². The predicted molar refractivity (Wildman–Crippen MR) is 63.9 cm³/mol. The molecule has 0 saturated heterocycles. The van der Waals surface area contributed by atoms with Crippen LogP contribution in [0.25, 0.3) is 0 Å². The summed E-state index contributed by atoms with van der Waals surface area (Å²) in [5.74, 6) is -0.236. The minimum Gasteiger partial charge on any atom is -0.504 e. The summed E-state index contributed by atoms with van der Waals surface area (Å²) in [6.45, 7) is 0. The number of hydrogen-bond donors (Lipinski definition) is 1. The van der Waals surface area contributed by atoms with Gasteiger partial charge in [-0.3, -0.25) is 4.79 Å². The molecule has 2 aromatic rings. The normalized spacial score (nSPS) is 9.88. The second-order valence-electron chi connectivity index (χ2n) is 3.60. The molecular formula is C14H12O3. The largest absolute Gasteiger partial charge is 0.504 e. The fourth-order valence-corrected chi connectivity index (χ4v) is 1.46. The van der Waals surface area contributed by atoms with Crippen LogP contribution < -0.4 is 4.74 Å². The lowest BCUT2D eigenvalue weighted by atomic mass is 10.2. The third kappa shape index (κ3) is 3.08. The first-order valence-corrected chi connectivity index (χ1v) is 5.28. The van der Waals surface area contributed by atoms with E-state index in [4.69, 9.17) is 4.74 Å². The van der Waals surface area contributed by atoms with Crippen molar-refractivity contribution in [1.29, 1.82) is 0 Å². The Morgan fingerprint density at radius 2 is 1.65 bits per heavy atom. The van der Waals surface area contributed by atoms with E-state index < -0.39 is 5.97 Å². The minimum absolute atomic E-state index is 0.0334. The highest BCUT2D eigenvalue weighted by atomic mass is 16.5. The summed E-state index contributed by atoms with van der Waals surface area (Å²) in [6, 6.07) is 15.7. The van der Waals surface area contributed by atoms with Gasteiger partial charge in [0.1, 0.15) is 0 Å². The summed E-state index contributed by atoms with van der Waals surface area (Å²) in [5, 5.41) is 9.45. The van der Waals surface area contributed by atoms with Crippen molar-refractivity contribution in [3.8, 4) is 11.5 Å². The number of aromatic hydroxyl groups is 1. The fraction of sp³-hybridized carbons (Fsp3) is 0.0714. The first kappa shape index (κ1) is 11.2. The van der Waals surface area contributed by atoms with E-state index in [1.54, 1.807) is 18.2 Å². The Balaban J connectivity index is 2.01. The molecule has 0 spiro atoms. The van der Waals surface area contributed by atoms with Crippen LogP contribution in [0.1, 0.15) is 5.56 Å². The Morgan fingerprint density at radius 1 is 1.00 bits per heavy atom. The van der Waals surface area contributed by atoms with Crippen LogP contribution in [0.5, 0.6) is 11.5 Å². The van der Waals surface area contributed by atoms with Gasteiger partial charge in [0.15, 0.2) is 11.5 Å². The van der Waals surface area contributed by atoms with Crippen LogP contribution in [0.3, 0.4) is 0 Å². The van der Waals surface area contributed by atoms with Gasteiger partial charge in [0, 0.05) is 0 Å². The van der Waals surface area contributed by atoms with Crippen LogP contribution in [0.4, 0.5) is 0 Å². The number of hydrogen-bond acceptors (Lipinski definition) is 3. The Morgan fingerprint density at radius 3 is 2.35 bits per heavy atom. The second kappa shape index (κ2) is 5.16. The van der Waals surface area contributed by atoms with Gasteiger partial charge in [-0.05, 0) is 17.7 Å². The molecule has 2 aromatic carbocycles. The fourth-order valence-electron chi connectivity index (χ4n) is 1.46. The molecule has 0 fully saturated rings. The maximum absolute atomic E-state index is 11.6. The van der Waals surface area contributed by atoms with Crippen molar-refractivity contribution in [2.75, 3.05) is 0 Å². The third-order valence-electron chi connectivity index (χ3n) is 2.28. The van der Waals surface area contributed by atoms with Crippen LogP contribution in [0.15, 0.2) is 54.6 Å². The van der Waals surface area contributed by atoms with E-state index in [-0.39, 0.29) is 17.9 Å². The topological polar surface area (TPSA) is 46.5 Å². The average molecular weight is 228 g/mol. The monoisotopic (exact) mass is 228 g/mol. The molecule has 0 amide bonds. The summed E-state index contributed by atoms with van der Waals surface area (Å²) in [5.41, 5.74) is 0.882. The minimum atomic E-state index is -0.391. The molecule has 0 heterocycles. The number of phenols is 1.